The number of hydrogen-bond donors (Lipinski definition) is 1. The number of rotatable bonds is 3. The van der Waals surface area contributed by atoms with Crippen molar-refractivity contribution >= 4 is 22.5 Å². The van der Waals surface area contributed by atoms with E-state index in [2.05, 4.69) is 42.9 Å². The summed E-state index contributed by atoms with van der Waals surface area (Å²) >= 11 is 6.11. The number of benzene rings is 1. The Labute approximate surface area is 108 Å². The molecule has 17 heavy (non-hydrogen) atoms. The minimum absolute atomic E-state index is 0.500. The molecule has 2 nitrogen and oxygen atoms in total. The molecule has 0 saturated heterocycles. The molecule has 0 unspecified atom stereocenters. The van der Waals surface area contributed by atoms with Crippen molar-refractivity contribution in [2.24, 2.45) is 7.05 Å². The molecular weight excluding hydrogens is 232 g/mol. The maximum absolute atomic E-state index is 6.11. The smallest absolute Gasteiger partial charge is 0.0484 e. The molecule has 1 N–H and O–H groups in total. The van der Waals surface area contributed by atoms with Crippen LogP contribution in [0.15, 0.2) is 18.2 Å². The van der Waals surface area contributed by atoms with Gasteiger partial charge < -0.3 is 9.88 Å². The van der Waals surface area contributed by atoms with Crippen molar-refractivity contribution in [2.75, 3.05) is 7.05 Å². The second kappa shape index (κ2) is 4.71. The van der Waals surface area contributed by atoms with Crippen molar-refractivity contribution in [2.45, 2.75) is 26.3 Å². The number of aromatic nitrogens is 1. The maximum atomic E-state index is 6.11. The van der Waals surface area contributed by atoms with E-state index >= 15 is 0 Å². The van der Waals surface area contributed by atoms with E-state index in [4.69, 9.17) is 11.6 Å². The van der Waals surface area contributed by atoms with E-state index in [1.165, 1.54) is 22.2 Å². The van der Waals surface area contributed by atoms with Crippen LogP contribution < -0.4 is 5.32 Å². The average molecular weight is 251 g/mol. The van der Waals surface area contributed by atoms with Crippen LogP contribution in [0.3, 0.4) is 0 Å². The van der Waals surface area contributed by atoms with Gasteiger partial charge in [-0.2, -0.15) is 0 Å². The quantitative estimate of drug-likeness (QED) is 0.880. The molecular formula is C14H19ClN2. The molecule has 0 bridgehead atoms. The largest absolute Gasteiger partial charge is 0.346 e. The van der Waals surface area contributed by atoms with Gasteiger partial charge in [-0.05, 0) is 36.7 Å². The van der Waals surface area contributed by atoms with Crippen molar-refractivity contribution in [3.05, 3.63) is 34.5 Å². The van der Waals surface area contributed by atoms with Gasteiger partial charge in [0, 0.05) is 35.2 Å². The van der Waals surface area contributed by atoms with Crippen molar-refractivity contribution in [1.82, 2.24) is 9.88 Å². The van der Waals surface area contributed by atoms with Crippen molar-refractivity contribution < 1.29 is 0 Å². The van der Waals surface area contributed by atoms with E-state index in [-0.39, 0.29) is 0 Å². The highest BCUT2D eigenvalue weighted by atomic mass is 35.5. The minimum Gasteiger partial charge on any atom is -0.346 e. The summed E-state index contributed by atoms with van der Waals surface area (Å²) in [5.41, 5.74) is 4.00. The van der Waals surface area contributed by atoms with E-state index in [9.17, 15) is 0 Å². The van der Waals surface area contributed by atoms with Gasteiger partial charge in [-0.3, -0.25) is 0 Å². The SMILES string of the molecule is CNCc1c(C(C)C)c2cc(Cl)ccc2n1C. The van der Waals surface area contributed by atoms with Crippen LogP contribution in [0.5, 0.6) is 0 Å². The average Bonchev–Trinajstić information content (AvgIpc) is 2.52. The summed E-state index contributed by atoms with van der Waals surface area (Å²) in [6.45, 7) is 5.35. The third kappa shape index (κ3) is 2.07. The maximum Gasteiger partial charge on any atom is 0.0484 e. The lowest BCUT2D eigenvalue weighted by molar-refractivity contribution is 0.717. The molecule has 3 heteroatoms. The number of aryl methyl sites for hydroxylation is 1. The Morgan fingerprint density at radius 2 is 2.06 bits per heavy atom. The van der Waals surface area contributed by atoms with E-state index in [0.717, 1.165) is 11.6 Å². The van der Waals surface area contributed by atoms with Crippen molar-refractivity contribution in [3.63, 3.8) is 0 Å². The summed E-state index contributed by atoms with van der Waals surface area (Å²) in [4.78, 5) is 0. The number of nitrogens with one attached hydrogen (secondary N) is 1. The van der Waals surface area contributed by atoms with Gasteiger partial charge in [0.1, 0.15) is 0 Å². The topological polar surface area (TPSA) is 17.0 Å². The first-order chi connectivity index (χ1) is 8.06. The Hall–Kier alpha value is -0.990. The zero-order valence-electron chi connectivity index (χ0n) is 10.8. The van der Waals surface area contributed by atoms with Gasteiger partial charge in [0.15, 0.2) is 0 Å². The van der Waals surface area contributed by atoms with Crippen LogP contribution in [-0.2, 0) is 13.6 Å². The van der Waals surface area contributed by atoms with Crippen LogP contribution in [0.2, 0.25) is 5.02 Å². The van der Waals surface area contributed by atoms with Gasteiger partial charge in [0.2, 0.25) is 0 Å². The zero-order chi connectivity index (χ0) is 12.6. The fourth-order valence-corrected chi connectivity index (χ4v) is 2.70. The summed E-state index contributed by atoms with van der Waals surface area (Å²) in [6, 6.07) is 6.13. The highest BCUT2D eigenvalue weighted by Crippen LogP contribution is 2.32. The predicted octanol–water partition coefficient (Wildman–Crippen LogP) is 3.67. The summed E-state index contributed by atoms with van der Waals surface area (Å²) in [5.74, 6) is 0.500. The lowest BCUT2D eigenvalue weighted by atomic mass is 9.99. The van der Waals surface area contributed by atoms with Crippen LogP contribution in [-0.4, -0.2) is 11.6 Å². The molecule has 92 valence electrons. The van der Waals surface area contributed by atoms with Crippen LogP contribution in [0.25, 0.3) is 10.9 Å². The number of halogens is 1. The highest BCUT2D eigenvalue weighted by molar-refractivity contribution is 6.31. The molecule has 0 aliphatic rings. The lowest BCUT2D eigenvalue weighted by Gasteiger charge is -2.10. The highest BCUT2D eigenvalue weighted by Gasteiger charge is 2.16. The Morgan fingerprint density at radius 3 is 2.65 bits per heavy atom. The van der Waals surface area contributed by atoms with Crippen molar-refractivity contribution in [1.29, 1.82) is 0 Å². The fourth-order valence-electron chi connectivity index (χ4n) is 2.52. The number of nitrogens with zero attached hydrogens (tertiary/aromatic N) is 1. The summed E-state index contributed by atoms with van der Waals surface area (Å²) in [5, 5.41) is 5.33. The third-order valence-corrected chi connectivity index (χ3v) is 3.48. The molecule has 0 radical (unpaired) electrons. The van der Waals surface area contributed by atoms with Gasteiger partial charge in [-0.15, -0.1) is 0 Å². The van der Waals surface area contributed by atoms with E-state index in [1.54, 1.807) is 0 Å². The van der Waals surface area contributed by atoms with Crippen LogP contribution in [0, 0.1) is 0 Å². The van der Waals surface area contributed by atoms with Gasteiger partial charge in [-0.25, -0.2) is 0 Å². The molecule has 1 heterocycles. The number of fused-ring (bicyclic) bond motifs is 1. The molecule has 0 aliphatic heterocycles. The standard InChI is InChI=1S/C14H19ClN2/c1-9(2)14-11-7-10(15)5-6-12(11)17(4)13(14)8-16-3/h5-7,9,16H,8H2,1-4H3. The van der Waals surface area contributed by atoms with Crippen LogP contribution >= 0.6 is 11.6 Å². The molecule has 0 atom stereocenters. The monoisotopic (exact) mass is 250 g/mol. The molecule has 0 amide bonds. The third-order valence-electron chi connectivity index (χ3n) is 3.25. The normalized spacial score (nSPS) is 11.6. The molecule has 1 aromatic carbocycles. The van der Waals surface area contributed by atoms with E-state index in [1.807, 2.05) is 13.1 Å². The predicted molar refractivity (Wildman–Crippen MR) is 74.8 cm³/mol. The first kappa shape index (κ1) is 12.5. The molecule has 1 aromatic heterocycles. The summed E-state index contributed by atoms with van der Waals surface area (Å²) in [7, 11) is 4.10. The molecule has 2 rings (SSSR count). The molecule has 0 aliphatic carbocycles. The lowest BCUT2D eigenvalue weighted by Crippen LogP contribution is -2.11. The van der Waals surface area contributed by atoms with Crippen LogP contribution in [0.1, 0.15) is 31.0 Å². The Kier molecular flexibility index (Phi) is 3.45. The molecule has 0 fully saturated rings. The van der Waals surface area contributed by atoms with E-state index < -0.39 is 0 Å². The Bertz CT molecular complexity index is 541. The Morgan fingerprint density at radius 1 is 1.35 bits per heavy atom. The molecule has 0 spiro atoms. The van der Waals surface area contributed by atoms with Gasteiger partial charge in [-0.1, -0.05) is 25.4 Å². The minimum atomic E-state index is 0.500. The van der Waals surface area contributed by atoms with Crippen LogP contribution in [0.4, 0.5) is 0 Å². The second-order valence-corrected chi connectivity index (χ2v) is 5.20. The fraction of sp³-hybridized carbons (Fsp3) is 0.429. The molecule has 0 saturated carbocycles. The van der Waals surface area contributed by atoms with Gasteiger partial charge >= 0.3 is 0 Å². The van der Waals surface area contributed by atoms with Crippen molar-refractivity contribution in [3.8, 4) is 0 Å². The van der Waals surface area contributed by atoms with Gasteiger partial charge in [0.05, 0.1) is 0 Å². The summed E-state index contributed by atoms with van der Waals surface area (Å²) < 4.78 is 2.26. The Balaban J connectivity index is 2.78. The first-order valence-electron chi connectivity index (χ1n) is 5.97. The second-order valence-electron chi connectivity index (χ2n) is 4.77. The van der Waals surface area contributed by atoms with E-state index in [0.29, 0.717) is 5.92 Å². The molecule has 2 aromatic rings. The van der Waals surface area contributed by atoms with Gasteiger partial charge in [0.25, 0.3) is 0 Å². The number of hydrogen-bond acceptors (Lipinski definition) is 1. The first-order valence-corrected chi connectivity index (χ1v) is 6.35. The summed E-state index contributed by atoms with van der Waals surface area (Å²) in [6.07, 6.45) is 0. The zero-order valence-corrected chi connectivity index (χ0v) is 11.6.